The third-order valence-corrected chi connectivity index (χ3v) is 5.39. The second-order valence-electron chi connectivity index (χ2n) is 6.93. The Bertz CT molecular complexity index is 876. The topological polar surface area (TPSA) is 37.8 Å². The van der Waals surface area contributed by atoms with Crippen molar-refractivity contribution in [3.8, 4) is 11.4 Å². The summed E-state index contributed by atoms with van der Waals surface area (Å²) >= 11 is 6.02. The molecule has 0 amide bonds. The average molecular weight is 352 g/mol. The number of halogens is 1. The van der Waals surface area contributed by atoms with Crippen molar-refractivity contribution < 1.29 is 0 Å². The minimum absolute atomic E-state index is 0.477. The number of rotatable bonds is 3. The van der Waals surface area contributed by atoms with Crippen molar-refractivity contribution in [1.29, 1.82) is 0 Å². The Kier molecular flexibility index (Phi) is 4.58. The quantitative estimate of drug-likeness (QED) is 0.634. The molecule has 3 aromatic rings. The lowest BCUT2D eigenvalue weighted by atomic mass is 9.86. The van der Waals surface area contributed by atoms with Crippen LogP contribution < -0.4 is 5.32 Å². The summed E-state index contributed by atoms with van der Waals surface area (Å²) in [5, 5.41) is 5.52. The molecule has 0 saturated heterocycles. The molecule has 1 aliphatic rings. The molecular formula is C21H22ClN3. The molecule has 25 heavy (non-hydrogen) atoms. The van der Waals surface area contributed by atoms with Gasteiger partial charge in [0.1, 0.15) is 5.82 Å². The minimum atomic E-state index is 0.477. The number of hydrogen-bond acceptors (Lipinski definition) is 3. The fourth-order valence-corrected chi connectivity index (χ4v) is 3.75. The predicted octanol–water partition coefficient (Wildman–Crippen LogP) is 5.94. The normalized spacial score (nSPS) is 20.6. The Balaban J connectivity index is 1.77. The largest absolute Gasteiger partial charge is 0.366 e. The maximum atomic E-state index is 6.02. The second kappa shape index (κ2) is 7.01. The molecular weight excluding hydrogens is 330 g/mol. The van der Waals surface area contributed by atoms with E-state index in [0.717, 1.165) is 33.1 Å². The van der Waals surface area contributed by atoms with E-state index >= 15 is 0 Å². The van der Waals surface area contributed by atoms with Crippen LogP contribution >= 0.6 is 11.6 Å². The summed E-state index contributed by atoms with van der Waals surface area (Å²) in [6.07, 6.45) is 5.11. The van der Waals surface area contributed by atoms with Gasteiger partial charge in [0.2, 0.25) is 0 Å². The second-order valence-corrected chi connectivity index (χ2v) is 7.37. The molecule has 0 unspecified atom stereocenters. The van der Waals surface area contributed by atoms with Crippen LogP contribution in [-0.4, -0.2) is 16.0 Å². The third kappa shape index (κ3) is 3.47. The average Bonchev–Trinajstić information content (AvgIpc) is 2.64. The summed E-state index contributed by atoms with van der Waals surface area (Å²) in [6, 6.07) is 16.4. The van der Waals surface area contributed by atoms with Crippen LogP contribution in [0.3, 0.4) is 0 Å². The third-order valence-electron chi connectivity index (χ3n) is 5.14. The van der Waals surface area contributed by atoms with E-state index < -0.39 is 0 Å². The molecule has 1 heterocycles. The molecule has 4 rings (SSSR count). The van der Waals surface area contributed by atoms with Crippen LogP contribution in [0.5, 0.6) is 0 Å². The van der Waals surface area contributed by atoms with Crippen molar-refractivity contribution in [2.24, 2.45) is 5.92 Å². The lowest BCUT2D eigenvalue weighted by Crippen LogP contribution is -2.30. The van der Waals surface area contributed by atoms with E-state index in [2.05, 4.69) is 18.3 Å². The molecule has 0 bridgehead atoms. The van der Waals surface area contributed by atoms with E-state index in [-0.39, 0.29) is 0 Å². The van der Waals surface area contributed by atoms with Crippen molar-refractivity contribution in [2.45, 2.75) is 38.6 Å². The molecule has 1 saturated carbocycles. The number of anilines is 1. The number of hydrogen-bond donors (Lipinski definition) is 1. The van der Waals surface area contributed by atoms with E-state index in [9.17, 15) is 0 Å². The molecule has 0 radical (unpaired) electrons. The van der Waals surface area contributed by atoms with Gasteiger partial charge < -0.3 is 5.32 Å². The highest BCUT2D eigenvalue weighted by molar-refractivity contribution is 6.30. The predicted molar refractivity (Wildman–Crippen MR) is 105 cm³/mol. The Morgan fingerprint density at radius 2 is 1.72 bits per heavy atom. The zero-order chi connectivity index (χ0) is 17.2. The van der Waals surface area contributed by atoms with E-state index in [1.807, 2.05) is 42.5 Å². The molecule has 2 aromatic carbocycles. The van der Waals surface area contributed by atoms with Gasteiger partial charge in [0.25, 0.3) is 0 Å². The smallest absolute Gasteiger partial charge is 0.162 e. The number of para-hydroxylation sites is 1. The van der Waals surface area contributed by atoms with Crippen LogP contribution in [0.4, 0.5) is 5.82 Å². The highest BCUT2D eigenvalue weighted by Gasteiger charge is 2.22. The Morgan fingerprint density at radius 1 is 0.960 bits per heavy atom. The summed E-state index contributed by atoms with van der Waals surface area (Å²) in [4.78, 5) is 9.62. The fourth-order valence-electron chi connectivity index (χ4n) is 3.62. The molecule has 0 aliphatic heterocycles. The fraction of sp³-hybridized carbons (Fsp3) is 0.333. The summed E-state index contributed by atoms with van der Waals surface area (Å²) in [6.45, 7) is 2.33. The van der Waals surface area contributed by atoms with Crippen LogP contribution in [0, 0.1) is 5.92 Å². The van der Waals surface area contributed by atoms with Crippen LogP contribution in [-0.2, 0) is 0 Å². The van der Waals surface area contributed by atoms with Gasteiger partial charge >= 0.3 is 0 Å². The SMILES string of the molecule is C[C@H]1CCCC[C@@H]1Nc1nc(-c2ccc(Cl)cc2)nc2ccccc12. The number of nitrogens with one attached hydrogen (secondary N) is 1. The van der Waals surface area contributed by atoms with Crippen molar-refractivity contribution >= 4 is 28.3 Å². The molecule has 1 aromatic heterocycles. The lowest BCUT2D eigenvalue weighted by Gasteiger charge is -2.30. The standard InChI is InChI=1S/C21H22ClN3/c1-14-6-2-4-8-18(14)23-21-17-7-3-5-9-19(17)24-20(25-21)15-10-12-16(22)13-11-15/h3,5,7,9-14,18H,2,4,6,8H2,1H3,(H,23,24,25)/t14-,18-/m0/s1. The van der Waals surface area contributed by atoms with Crippen LogP contribution in [0.1, 0.15) is 32.6 Å². The first kappa shape index (κ1) is 16.3. The molecule has 1 fully saturated rings. The molecule has 3 nitrogen and oxygen atoms in total. The summed E-state index contributed by atoms with van der Waals surface area (Å²) < 4.78 is 0. The molecule has 4 heteroatoms. The van der Waals surface area contributed by atoms with Gasteiger partial charge in [-0.15, -0.1) is 0 Å². The van der Waals surface area contributed by atoms with Gasteiger partial charge in [0.15, 0.2) is 5.82 Å². The number of benzene rings is 2. The first-order chi connectivity index (χ1) is 12.2. The van der Waals surface area contributed by atoms with Gasteiger partial charge in [0.05, 0.1) is 5.52 Å². The summed E-state index contributed by atoms with van der Waals surface area (Å²) in [5.41, 5.74) is 1.95. The lowest BCUT2D eigenvalue weighted by molar-refractivity contribution is 0.349. The molecule has 2 atom stereocenters. The van der Waals surface area contributed by atoms with E-state index in [1.165, 1.54) is 25.7 Å². The zero-order valence-corrected chi connectivity index (χ0v) is 15.1. The van der Waals surface area contributed by atoms with Crippen molar-refractivity contribution in [3.05, 3.63) is 53.6 Å². The van der Waals surface area contributed by atoms with Crippen molar-refractivity contribution in [1.82, 2.24) is 9.97 Å². The Hall–Kier alpha value is -2.13. The Morgan fingerprint density at radius 3 is 2.52 bits per heavy atom. The first-order valence-electron chi connectivity index (χ1n) is 9.00. The maximum Gasteiger partial charge on any atom is 0.162 e. The van der Waals surface area contributed by atoms with Gasteiger partial charge in [-0.05, 0) is 55.2 Å². The first-order valence-corrected chi connectivity index (χ1v) is 9.38. The molecule has 0 spiro atoms. The monoisotopic (exact) mass is 351 g/mol. The summed E-state index contributed by atoms with van der Waals surface area (Å²) in [5.74, 6) is 2.34. The maximum absolute atomic E-state index is 6.02. The van der Waals surface area contributed by atoms with Gasteiger partial charge in [-0.25, -0.2) is 9.97 Å². The van der Waals surface area contributed by atoms with Crippen molar-refractivity contribution in [2.75, 3.05) is 5.32 Å². The Labute approximate surface area is 153 Å². The summed E-state index contributed by atoms with van der Waals surface area (Å²) in [7, 11) is 0. The van der Waals surface area contributed by atoms with Crippen molar-refractivity contribution in [3.63, 3.8) is 0 Å². The van der Waals surface area contributed by atoms with Gasteiger partial charge in [-0.3, -0.25) is 0 Å². The number of fused-ring (bicyclic) bond motifs is 1. The minimum Gasteiger partial charge on any atom is -0.366 e. The zero-order valence-electron chi connectivity index (χ0n) is 14.4. The highest BCUT2D eigenvalue weighted by Crippen LogP contribution is 2.30. The van der Waals surface area contributed by atoms with Gasteiger partial charge in [0, 0.05) is 22.0 Å². The van der Waals surface area contributed by atoms with Crippen LogP contribution in [0.2, 0.25) is 5.02 Å². The van der Waals surface area contributed by atoms with Gasteiger partial charge in [-0.2, -0.15) is 0 Å². The van der Waals surface area contributed by atoms with Gasteiger partial charge in [-0.1, -0.05) is 43.5 Å². The van der Waals surface area contributed by atoms with Crippen LogP contribution in [0.25, 0.3) is 22.3 Å². The van der Waals surface area contributed by atoms with E-state index in [0.29, 0.717) is 12.0 Å². The van der Waals surface area contributed by atoms with E-state index in [4.69, 9.17) is 21.6 Å². The van der Waals surface area contributed by atoms with E-state index in [1.54, 1.807) is 0 Å². The number of aromatic nitrogens is 2. The number of nitrogens with zero attached hydrogens (tertiary/aromatic N) is 2. The molecule has 1 N–H and O–H groups in total. The molecule has 128 valence electrons. The highest BCUT2D eigenvalue weighted by atomic mass is 35.5. The molecule has 1 aliphatic carbocycles. The van der Waals surface area contributed by atoms with Crippen LogP contribution in [0.15, 0.2) is 48.5 Å².